The third-order valence-corrected chi connectivity index (χ3v) is 8.20. The Morgan fingerprint density at radius 1 is 0.640 bits per heavy atom. The van der Waals surface area contributed by atoms with Gasteiger partial charge in [0.25, 0.3) is 0 Å². The van der Waals surface area contributed by atoms with Crippen LogP contribution in [0.2, 0.25) is 0 Å². The summed E-state index contributed by atoms with van der Waals surface area (Å²) in [6, 6.07) is 8.33. The molecule has 2 rings (SSSR count). The van der Waals surface area contributed by atoms with Gasteiger partial charge in [0.15, 0.2) is 0 Å². The van der Waals surface area contributed by atoms with E-state index < -0.39 is 0 Å². The van der Waals surface area contributed by atoms with E-state index in [4.69, 9.17) is 9.47 Å². The van der Waals surface area contributed by atoms with E-state index in [0.717, 1.165) is 48.4 Å². The first-order valence-corrected chi connectivity index (χ1v) is 21.0. The summed E-state index contributed by atoms with van der Waals surface area (Å²) in [5.41, 5.74) is 4.33. The van der Waals surface area contributed by atoms with Crippen LogP contribution in [0.4, 0.5) is 9.59 Å². The minimum Gasteiger partial charge on any atom is -0.446 e. The lowest BCUT2D eigenvalue weighted by atomic mass is 9.99. The molecule has 0 aliphatic carbocycles. The van der Waals surface area contributed by atoms with E-state index in [9.17, 15) is 9.59 Å². The van der Waals surface area contributed by atoms with Crippen molar-refractivity contribution in [2.45, 2.75) is 116 Å². The zero-order valence-electron chi connectivity index (χ0n) is 32.4. The summed E-state index contributed by atoms with van der Waals surface area (Å²) in [4.78, 5) is 35.9. The molecule has 0 saturated heterocycles. The Hall–Kier alpha value is -2.28. The Balaban J connectivity index is 0.00000578. The van der Waals surface area contributed by atoms with Crippen LogP contribution in [-0.4, -0.2) is 97.1 Å². The molecule has 286 valence electrons. The van der Waals surface area contributed by atoms with Crippen LogP contribution in [0.15, 0.2) is 36.7 Å². The van der Waals surface area contributed by atoms with E-state index in [1.54, 1.807) is 28.2 Å². The van der Waals surface area contributed by atoms with Crippen molar-refractivity contribution >= 4 is 44.0 Å². The van der Waals surface area contributed by atoms with Gasteiger partial charge in [-0.2, -0.15) is 0 Å². The van der Waals surface area contributed by atoms with E-state index in [0.29, 0.717) is 12.8 Å². The molecule has 2 heterocycles. The second kappa shape index (κ2) is 29.3. The summed E-state index contributed by atoms with van der Waals surface area (Å²) < 4.78 is 11.2. The van der Waals surface area contributed by atoms with Crippen molar-refractivity contribution < 1.29 is 19.1 Å². The number of halogens is 2. The van der Waals surface area contributed by atoms with Crippen LogP contribution in [0, 0.1) is 13.8 Å². The second-order valence-electron chi connectivity index (χ2n) is 12.8. The highest BCUT2D eigenvalue weighted by Gasteiger charge is 2.21. The van der Waals surface area contributed by atoms with Crippen molar-refractivity contribution in [1.29, 1.82) is 0 Å². The Morgan fingerprint density at radius 2 is 0.960 bits per heavy atom. The fourth-order valence-corrected chi connectivity index (χ4v) is 5.55. The average molecular weight is 831 g/mol. The first-order valence-electron chi connectivity index (χ1n) is 17.8. The summed E-state index contributed by atoms with van der Waals surface area (Å²) in [7, 11) is 6.80. The summed E-state index contributed by atoms with van der Waals surface area (Å²) in [6.45, 7) is 9.80. The number of nitrogens with one attached hydrogen (secondary N) is 2. The lowest BCUT2D eigenvalue weighted by Crippen LogP contribution is -2.31. The largest absolute Gasteiger partial charge is 0.446 e. The maximum Gasteiger partial charge on any atom is 0.409 e. The number of amides is 2. The number of carbonyl (C=O) groups is 2. The average Bonchev–Trinajstić information content (AvgIpc) is 3.09. The van der Waals surface area contributed by atoms with Crippen molar-refractivity contribution in [3.8, 4) is 0 Å². The van der Waals surface area contributed by atoms with E-state index in [1.165, 1.54) is 48.3 Å². The van der Waals surface area contributed by atoms with Crippen molar-refractivity contribution in [2.24, 2.45) is 0 Å². The molecule has 0 fully saturated rings. The fourth-order valence-electron chi connectivity index (χ4n) is 5.55. The fraction of sp³-hybridized carbons (Fsp3) is 0.684. The molecule has 12 heteroatoms. The highest BCUT2D eigenvalue weighted by molar-refractivity contribution is 9.09. The van der Waals surface area contributed by atoms with Gasteiger partial charge >= 0.3 is 12.2 Å². The zero-order chi connectivity index (χ0) is 37.9. The van der Waals surface area contributed by atoms with Crippen molar-refractivity contribution in [3.05, 3.63) is 59.2 Å². The van der Waals surface area contributed by atoms with Crippen molar-refractivity contribution in [1.82, 2.24) is 30.4 Å². The number of nitrogens with zero attached hydrogens (tertiary/aromatic N) is 4. The molecule has 4 atom stereocenters. The van der Waals surface area contributed by atoms with Gasteiger partial charge in [0.05, 0.1) is 0 Å². The number of hydrogen-bond acceptors (Lipinski definition) is 8. The SMILES string of the molecule is CBr.CBr.Cc1ncccc1C(CC(C)OC(=O)N(C)C)NCCCCCCCCCCNC(CC(C)OC(=O)N(C)C)c1cccnc1C. The summed E-state index contributed by atoms with van der Waals surface area (Å²) >= 11 is 5.88. The number of ether oxygens (including phenoxy) is 2. The lowest BCUT2D eigenvalue weighted by Gasteiger charge is -2.25. The van der Waals surface area contributed by atoms with Gasteiger partial charge in [-0.15, -0.1) is 0 Å². The Morgan fingerprint density at radius 3 is 1.26 bits per heavy atom. The van der Waals surface area contributed by atoms with Gasteiger partial charge in [-0.1, -0.05) is 82.5 Å². The molecule has 0 saturated carbocycles. The molecule has 0 aliphatic heterocycles. The quantitative estimate of drug-likeness (QED) is 0.0948. The van der Waals surface area contributed by atoms with Gasteiger partial charge in [0, 0.05) is 76.9 Å². The summed E-state index contributed by atoms with van der Waals surface area (Å²) in [6.07, 6.45) is 13.6. The molecule has 2 N–H and O–H groups in total. The second-order valence-corrected chi connectivity index (χ2v) is 12.8. The normalized spacial score (nSPS) is 13.0. The number of carbonyl (C=O) groups excluding carboxylic acids is 2. The molecule has 2 amide bonds. The molecule has 2 aromatic rings. The number of unbranched alkanes of at least 4 members (excludes halogenated alkanes) is 7. The zero-order valence-corrected chi connectivity index (χ0v) is 35.6. The molecular weight excluding hydrogens is 764 g/mol. The minimum absolute atomic E-state index is 0.0882. The molecule has 0 aromatic carbocycles. The Kier molecular flexibility index (Phi) is 28.0. The first-order chi connectivity index (χ1) is 24.0. The third kappa shape index (κ3) is 20.5. The third-order valence-electron chi connectivity index (χ3n) is 8.20. The molecule has 2 aromatic heterocycles. The van der Waals surface area contributed by atoms with Crippen LogP contribution in [0.1, 0.15) is 113 Å². The van der Waals surface area contributed by atoms with Crippen LogP contribution < -0.4 is 10.6 Å². The van der Waals surface area contributed by atoms with E-state index >= 15 is 0 Å². The number of aryl methyl sites for hydroxylation is 2. The molecular formula is C38H66Br2N6O4. The van der Waals surface area contributed by atoms with Crippen LogP contribution in [0.25, 0.3) is 0 Å². The molecule has 50 heavy (non-hydrogen) atoms. The topological polar surface area (TPSA) is 109 Å². The Labute approximate surface area is 320 Å². The van der Waals surface area contributed by atoms with Crippen molar-refractivity contribution in [3.63, 3.8) is 0 Å². The standard InChI is InChI=1S/C36H60N6O4.2CH3Br/c1-27(45-35(43)41(5)6)25-33(31-19-17-23-37-29(31)3)39-21-15-13-11-9-10-12-14-16-22-40-34(32-20-18-24-38-30(32)4)26-28(2)46-36(44)42(7)8;2*1-2/h17-20,23-24,27-28,33-34,39-40H,9-16,21-22,25-26H2,1-8H3;2*1H3. The van der Waals surface area contributed by atoms with E-state index in [2.05, 4.69) is 64.6 Å². The monoisotopic (exact) mass is 828 g/mol. The first kappa shape index (κ1) is 47.7. The molecule has 10 nitrogen and oxygen atoms in total. The van der Waals surface area contributed by atoms with Crippen LogP contribution in [0.3, 0.4) is 0 Å². The number of pyridine rings is 2. The highest BCUT2D eigenvalue weighted by atomic mass is 79.9. The number of aromatic nitrogens is 2. The Bertz CT molecular complexity index is 1080. The van der Waals surface area contributed by atoms with Crippen LogP contribution in [0.5, 0.6) is 0 Å². The summed E-state index contributed by atoms with van der Waals surface area (Å²) in [5, 5.41) is 7.41. The maximum atomic E-state index is 12.0. The smallest absolute Gasteiger partial charge is 0.409 e. The van der Waals surface area contributed by atoms with Gasteiger partial charge < -0.3 is 29.9 Å². The van der Waals surface area contributed by atoms with Crippen LogP contribution in [-0.2, 0) is 9.47 Å². The van der Waals surface area contributed by atoms with Gasteiger partial charge in [-0.3, -0.25) is 9.97 Å². The van der Waals surface area contributed by atoms with Crippen LogP contribution >= 0.6 is 31.9 Å². The maximum absolute atomic E-state index is 12.0. The van der Waals surface area contributed by atoms with Gasteiger partial charge in [0.1, 0.15) is 12.2 Å². The summed E-state index contributed by atoms with van der Waals surface area (Å²) in [5.74, 6) is 3.62. The lowest BCUT2D eigenvalue weighted by molar-refractivity contribution is 0.0727. The molecule has 4 unspecified atom stereocenters. The molecule has 0 bridgehead atoms. The van der Waals surface area contributed by atoms with Gasteiger partial charge in [-0.05, 0) is 88.6 Å². The number of rotatable bonds is 21. The highest BCUT2D eigenvalue weighted by Crippen LogP contribution is 2.24. The predicted octanol–water partition coefficient (Wildman–Crippen LogP) is 9.15. The van der Waals surface area contributed by atoms with Gasteiger partial charge in [-0.25, -0.2) is 9.59 Å². The minimum atomic E-state index is -0.316. The number of hydrogen-bond donors (Lipinski definition) is 2. The molecule has 0 radical (unpaired) electrons. The molecule has 0 aliphatic rings. The van der Waals surface area contributed by atoms with Gasteiger partial charge in [0.2, 0.25) is 0 Å². The number of alkyl halides is 2. The molecule has 0 spiro atoms. The predicted molar refractivity (Wildman–Crippen MR) is 215 cm³/mol. The van der Waals surface area contributed by atoms with E-state index in [-0.39, 0.29) is 36.5 Å². The van der Waals surface area contributed by atoms with Crippen molar-refractivity contribution in [2.75, 3.05) is 52.9 Å². The van der Waals surface area contributed by atoms with E-state index in [1.807, 2.05) is 63.9 Å².